The average Bonchev–Trinajstić information content (AvgIpc) is 2.62. The number of hydrogen-bond acceptors (Lipinski definition) is 3. The molecule has 1 aliphatic heterocycles. The minimum absolute atomic E-state index is 0.148. The molecule has 0 aromatic heterocycles. The summed E-state index contributed by atoms with van der Waals surface area (Å²) in [7, 11) is -4.18. The molecule has 0 bridgehead atoms. The third-order valence-corrected chi connectivity index (χ3v) is 4.71. The number of primary sulfonamides is 1. The number of carbonyl (C=O) groups is 1. The summed E-state index contributed by atoms with van der Waals surface area (Å²) in [5, 5.41) is 4.96. The Morgan fingerprint density at radius 1 is 1.33 bits per heavy atom. The third-order valence-electron chi connectivity index (χ3n) is 3.79. The van der Waals surface area contributed by atoms with Crippen LogP contribution in [0.15, 0.2) is 23.1 Å². The van der Waals surface area contributed by atoms with Crippen molar-refractivity contribution in [3.8, 4) is 0 Å². The van der Waals surface area contributed by atoms with Gasteiger partial charge in [-0.15, -0.1) is 0 Å². The lowest BCUT2D eigenvalue weighted by Crippen LogP contribution is -2.32. The summed E-state index contributed by atoms with van der Waals surface area (Å²) in [6.45, 7) is 3.40. The molecule has 2 rings (SSSR count). The fourth-order valence-corrected chi connectivity index (χ4v) is 3.13. The average molecular weight is 314 g/mol. The van der Waals surface area contributed by atoms with Gasteiger partial charge in [-0.25, -0.2) is 17.9 Å². The molecule has 1 aromatic carbocycles. The molecule has 0 aliphatic carbocycles. The first-order valence-electron chi connectivity index (χ1n) is 6.90. The maximum absolute atomic E-state index is 13.5. The van der Waals surface area contributed by atoms with Gasteiger partial charge in [0.1, 0.15) is 10.7 Å². The molecule has 7 heteroatoms. The van der Waals surface area contributed by atoms with Crippen LogP contribution < -0.4 is 5.14 Å². The number of rotatable bonds is 2. The summed E-state index contributed by atoms with van der Waals surface area (Å²) < 4.78 is 36.1. The van der Waals surface area contributed by atoms with Crippen LogP contribution in [0.2, 0.25) is 0 Å². The van der Waals surface area contributed by atoms with E-state index in [4.69, 9.17) is 5.14 Å². The van der Waals surface area contributed by atoms with Gasteiger partial charge in [0, 0.05) is 18.7 Å². The summed E-state index contributed by atoms with van der Waals surface area (Å²) in [6, 6.07) is 3.27. The van der Waals surface area contributed by atoms with Crippen LogP contribution in [-0.2, 0) is 10.0 Å². The second kappa shape index (κ2) is 6.11. The van der Waals surface area contributed by atoms with Gasteiger partial charge >= 0.3 is 0 Å². The highest BCUT2D eigenvalue weighted by Gasteiger charge is 2.22. The number of amides is 1. The van der Waals surface area contributed by atoms with E-state index in [0.29, 0.717) is 19.0 Å². The molecular formula is C14H19FN2O3S. The van der Waals surface area contributed by atoms with E-state index in [1.807, 2.05) is 0 Å². The van der Waals surface area contributed by atoms with E-state index in [-0.39, 0.29) is 11.5 Å². The Hall–Kier alpha value is -1.47. The predicted molar refractivity (Wildman–Crippen MR) is 76.7 cm³/mol. The van der Waals surface area contributed by atoms with Crippen LogP contribution in [0.25, 0.3) is 0 Å². The minimum atomic E-state index is -4.18. The van der Waals surface area contributed by atoms with Crippen molar-refractivity contribution in [1.82, 2.24) is 4.90 Å². The van der Waals surface area contributed by atoms with Crippen LogP contribution in [-0.4, -0.2) is 32.3 Å². The molecule has 0 saturated carbocycles. The molecule has 5 nitrogen and oxygen atoms in total. The Morgan fingerprint density at radius 2 is 2.05 bits per heavy atom. The summed E-state index contributed by atoms with van der Waals surface area (Å²) in [5.74, 6) is -0.663. The zero-order chi connectivity index (χ0) is 15.6. The zero-order valence-electron chi connectivity index (χ0n) is 11.9. The lowest BCUT2D eigenvalue weighted by molar-refractivity contribution is 0.0760. The molecule has 0 unspecified atom stereocenters. The molecule has 2 N–H and O–H groups in total. The van der Waals surface area contributed by atoms with E-state index in [1.165, 1.54) is 6.07 Å². The molecule has 1 aromatic rings. The second-order valence-electron chi connectivity index (χ2n) is 5.52. The number of hydrogen-bond donors (Lipinski definition) is 1. The normalized spacial score (nSPS) is 20.1. The van der Waals surface area contributed by atoms with E-state index >= 15 is 0 Å². The highest BCUT2D eigenvalue weighted by molar-refractivity contribution is 7.89. The molecule has 0 radical (unpaired) electrons. The number of halogens is 1. The number of carbonyl (C=O) groups excluding carboxylic acids is 1. The molecule has 21 heavy (non-hydrogen) atoms. The van der Waals surface area contributed by atoms with Gasteiger partial charge < -0.3 is 4.90 Å². The Kier molecular flexibility index (Phi) is 4.63. The van der Waals surface area contributed by atoms with Crippen molar-refractivity contribution >= 4 is 15.9 Å². The van der Waals surface area contributed by atoms with Crippen LogP contribution in [0, 0.1) is 11.7 Å². The second-order valence-corrected chi connectivity index (χ2v) is 7.05. The van der Waals surface area contributed by atoms with Crippen molar-refractivity contribution in [1.29, 1.82) is 0 Å². The monoisotopic (exact) mass is 314 g/mol. The van der Waals surface area contributed by atoms with Gasteiger partial charge in [0.2, 0.25) is 10.0 Å². The van der Waals surface area contributed by atoms with Crippen molar-refractivity contribution in [3.63, 3.8) is 0 Å². The van der Waals surface area contributed by atoms with Crippen LogP contribution in [0.1, 0.15) is 36.5 Å². The lowest BCUT2D eigenvalue weighted by atomic mass is 10.0. The van der Waals surface area contributed by atoms with Crippen LogP contribution in [0.5, 0.6) is 0 Å². The van der Waals surface area contributed by atoms with Gasteiger partial charge in [0.15, 0.2) is 0 Å². The van der Waals surface area contributed by atoms with Gasteiger partial charge in [-0.1, -0.05) is 6.92 Å². The maximum atomic E-state index is 13.5. The van der Waals surface area contributed by atoms with Crippen LogP contribution in [0.3, 0.4) is 0 Å². The van der Waals surface area contributed by atoms with Crippen molar-refractivity contribution in [2.45, 2.75) is 31.1 Å². The summed E-state index contributed by atoms with van der Waals surface area (Å²) in [4.78, 5) is 13.5. The van der Waals surface area contributed by atoms with Gasteiger partial charge in [0.25, 0.3) is 5.91 Å². The van der Waals surface area contributed by atoms with E-state index in [1.54, 1.807) is 4.90 Å². The Morgan fingerprint density at radius 3 is 2.71 bits per heavy atom. The van der Waals surface area contributed by atoms with Crippen molar-refractivity contribution in [2.75, 3.05) is 13.1 Å². The molecule has 1 aliphatic rings. The first kappa shape index (κ1) is 15.9. The van der Waals surface area contributed by atoms with E-state index in [9.17, 15) is 17.6 Å². The van der Waals surface area contributed by atoms with Crippen LogP contribution in [0.4, 0.5) is 4.39 Å². The first-order valence-corrected chi connectivity index (χ1v) is 8.45. The standard InChI is InChI=1S/C14H19FN2O3S/c1-10-3-2-7-17(8-6-10)14(18)11-4-5-12(15)13(9-11)21(16,19)20/h4-5,9-10H,2-3,6-8H2,1H3,(H2,16,19,20)/t10-/m1/s1. The maximum Gasteiger partial charge on any atom is 0.253 e. The van der Waals surface area contributed by atoms with Crippen molar-refractivity contribution < 1.29 is 17.6 Å². The summed E-state index contributed by atoms with van der Waals surface area (Å²) in [6.07, 6.45) is 2.89. The Bertz CT molecular complexity index is 646. The van der Waals surface area contributed by atoms with Gasteiger partial charge in [-0.05, 0) is 43.4 Å². The Labute approximate surface area is 124 Å². The fourth-order valence-electron chi connectivity index (χ4n) is 2.50. The smallest absolute Gasteiger partial charge is 0.253 e. The summed E-state index contributed by atoms with van der Waals surface area (Å²) >= 11 is 0. The molecular weight excluding hydrogens is 295 g/mol. The van der Waals surface area contributed by atoms with Gasteiger partial charge in [-0.3, -0.25) is 4.79 Å². The fraction of sp³-hybridized carbons (Fsp3) is 0.500. The Balaban J connectivity index is 2.27. The van der Waals surface area contributed by atoms with Crippen molar-refractivity contribution in [3.05, 3.63) is 29.6 Å². The highest BCUT2D eigenvalue weighted by atomic mass is 32.2. The topological polar surface area (TPSA) is 80.5 Å². The van der Waals surface area contributed by atoms with Gasteiger partial charge in [-0.2, -0.15) is 0 Å². The van der Waals surface area contributed by atoms with E-state index < -0.39 is 20.7 Å². The molecule has 1 fully saturated rings. The predicted octanol–water partition coefficient (Wildman–Crippen LogP) is 1.74. The third kappa shape index (κ3) is 3.79. The molecule has 1 amide bonds. The van der Waals surface area contributed by atoms with Crippen molar-refractivity contribution in [2.24, 2.45) is 11.1 Å². The zero-order valence-corrected chi connectivity index (χ0v) is 12.7. The van der Waals surface area contributed by atoms with Gasteiger partial charge in [0.05, 0.1) is 0 Å². The molecule has 1 heterocycles. The molecule has 0 spiro atoms. The molecule has 1 atom stereocenters. The SMILES string of the molecule is C[C@@H]1CCCN(C(=O)c2ccc(F)c(S(N)(=O)=O)c2)CC1. The molecule has 116 valence electrons. The van der Waals surface area contributed by atoms with E-state index in [2.05, 4.69) is 6.92 Å². The highest BCUT2D eigenvalue weighted by Crippen LogP contribution is 2.20. The number of sulfonamides is 1. The molecule has 1 saturated heterocycles. The number of nitrogens with two attached hydrogens (primary N) is 1. The largest absolute Gasteiger partial charge is 0.339 e. The first-order chi connectivity index (χ1) is 9.79. The number of benzene rings is 1. The summed E-state index contributed by atoms with van der Waals surface area (Å²) in [5.41, 5.74) is 0.148. The number of likely N-dealkylation sites (tertiary alicyclic amines) is 1. The lowest BCUT2D eigenvalue weighted by Gasteiger charge is -2.20. The number of nitrogens with zero attached hydrogens (tertiary/aromatic N) is 1. The minimum Gasteiger partial charge on any atom is -0.339 e. The van der Waals surface area contributed by atoms with Crippen LogP contribution >= 0.6 is 0 Å². The quantitative estimate of drug-likeness (QED) is 0.903. The van der Waals surface area contributed by atoms with E-state index in [0.717, 1.165) is 31.4 Å².